The zero-order chi connectivity index (χ0) is 16.4. The third-order valence-electron chi connectivity index (χ3n) is 3.35. The summed E-state index contributed by atoms with van der Waals surface area (Å²) < 4.78 is 6.71. The number of methoxy groups -OCH3 is 1. The number of carboxylic acid groups (broad SMARTS) is 1. The quantitative estimate of drug-likeness (QED) is 0.664. The molecule has 8 heteroatoms. The first-order chi connectivity index (χ1) is 11.2. The molecule has 0 atom stereocenters. The highest BCUT2D eigenvalue weighted by molar-refractivity contribution is 6.01. The van der Waals surface area contributed by atoms with Crippen molar-refractivity contribution in [3.8, 4) is 5.75 Å². The molecule has 2 heterocycles. The van der Waals surface area contributed by atoms with Crippen molar-refractivity contribution in [3.63, 3.8) is 0 Å². The number of aromatic carboxylic acids is 1. The highest BCUT2D eigenvalue weighted by atomic mass is 16.5. The van der Waals surface area contributed by atoms with Gasteiger partial charge in [0, 0.05) is 13.2 Å². The van der Waals surface area contributed by atoms with Gasteiger partial charge in [-0.05, 0) is 18.2 Å². The number of hydrogen-bond donors (Lipinski definition) is 3. The number of rotatable bonds is 5. The first-order valence-corrected chi connectivity index (χ1v) is 6.84. The van der Waals surface area contributed by atoms with E-state index in [-0.39, 0.29) is 17.0 Å². The van der Waals surface area contributed by atoms with Crippen LogP contribution in [0.1, 0.15) is 10.4 Å². The van der Waals surface area contributed by atoms with E-state index in [0.717, 1.165) is 0 Å². The number of fused-ring (bicyclic) bond motifs is 1. The lowest BCUT2D eigenvalue weighted by molar-refractivity contribution is 0.0700. The fraction of sp³-hybridized carbons (Fsp3) is 0.133. The summed E-state index contributed by atoms with van der Waals surface area (Å²) in [4.78, 5) is 15.8. The maximum atomic E-state index is 11.7. The first-order valence-electron chi connectivity index (χ1n) is 6.84. The number of hydrogen-bond acceptors (Lipinski definition) is 6. The molecule has 2 aromatic heterocycles. The van der Waals surface area contributed by atoms with Crippen molar-refractivity contribution in [2.45, 2.75) is 0 Å². The SMILES string of the molecule is CNc1ccnc2c(C(=O)O)c(Nc3ccccc3OC)nn12. The van der Waals surface area contributed by atoms with Gasteiger partial charge in [0.05, 0.1) is 12.8 Å². The summed E-state index contributed by atoms with van der Waals surface area (Å²) in [6.45, 7) is 0. The third kappa shape index (κ3) is 2.50. The molecule has 0 bridgehead atoms. The molecule has 0 aliphatic rings. The Bertz CT molecular complexity index is 875. The summed E-state index contributed by atoms with van der Waals surface area (Å²) in [5.41, 5.74) is 0.863. The van der Waals surface area contributed by atoms with Crippen LogP contribution in [0.2, 0.25) is 0 Å². The summed E-state index contributed by atoms with van der Waals surface area (Å²) in [6, 6.07) is 8.90. The average molecular weight is 313 g/mol. The van der Waals surface area contributed by atoms with Crippen LogP contribution < -0.4 is 15.4 Å². The van der Waals surface area contributed by atoms with Gasteiger partial charge in [-0.25, -0.2) is 9.78 Å². The van der Waals surface area contributed by atoms with Crippen LogP contribution in [0.5, 0.6) is 5.75 Å². The molecule has 3 aromatic rings. The van der Waals surface area contributed by atoms with Crippen LogP contribution in [0.3, 0.4) is 0 Å². The number of benzene rings is 1. The van der Waals surface area contributed by atoms with Crippen molar-refractivity contribution in [1.82, 2.24) is 14.6 Å². The van der Waals surface area contributed by atoms with Crippen LogP contribution >= 0.6 is 0 Å². The summed E-state index contributed by atoms with van der Waals surface area (Å²) in [5.74, 6) is 0.295. The number of ether oxygens (including phenoxy) is 1. The van der Waals surface area contributed by atoms with Crippen LogP contribution in [-0.4, -0.2) is 39.8 Å². The molecule has 118 valence electrons. The molecule has 8 nitrogen and oxygen atoms in total. The Labute approximate surface area is 131 Å². The normalized spacial score (nSPS) is 10.5. The highest BCUT2D eigenvalue weighted by Crippen LogP contribution is 2.30. The summed E-state index contributed by atoms with van der Waals surface area (Å²) in [5, 5.41) is 19.8. The Kier molecular flexibility index (Phi) is 3.71. The van der Waals surface area contributed by atoms with E-state index in [0.29, 0.717) is 17.3 Å². The number of carbonyl (C=O) groups is 1. The lowest BCUT2D eigenvalue weighted by atomic mass is 10.2. The van der Waals surface area contributed by atoms with E-state index in [1.807, 2.05) is 12.1 Å². The predicted octanol–water partition coefficient (Wildman–Crippen LogP) is 2.22. The number of nitrogens with one attached hydrogen (secondary N) is 2. The van der Waals surface area contributed by atoms with Gasteiger partial charge in [0.15, 0.2) is 11.5 Å². The van der Waals surface area contributed by atoms with E-state index in [1.54, 1.807) is 32.4 Å². The zero-order valence-corrected chi connectivity index (χ0v) is 12.6. The van der Waals surface area contributed by atoms with E-state index in [4.69, 9.17) is 4.74 Å². The second-order valence-corrected chi connectivity index (χ2v) is 4.67. The average Bonchev–Trinajstić information content (AvgIpc) is 2.93. The second kappa shape index (κ2) is 5.84. The maximum Gasteiger partial charge on any atom is 0.343 e. The van der Waals surface area contributed by atoms with Crippen LogP contribution in [0.15, 0.2) is 36.5 Å². The van der Waals surface area contributed by atoms with E-state index in [9.17, 15) is 9.90 Å². The van der Waals surface area contributed by atoms with Gasteiger partial charge in [0.1, 0.15) is 17.1 Å². The zero-order valence-electron chi connectivity index (χ0n) is 12.6. The smallest absolute Gasteiger partial charge is 0.343 e. The van der Waals surface area contributed by atoms with Crippen LogP contribution in [-0.2, 0) is 0 Å². The molecule has 0 aliphatic carbocycles. The summed E-state index contributed by atoms with van der Waals surface area (Å²) in [7, 11) is 3.27. The van der Waals surface area contributed by atoms with Gasteiger partial charge in [-0.1, -0.05) is 12.1 Å². The molecule has 1 aromatic carbocycles. The standard InChI is InChI=1S/C15H15N5O3/c1-16-11-7-8-17-14-12(15(21)22)13(19-20(11)14)18-9-5-3-4-6-10(9)23-2/h3-8,16H,1-2H3,(H,18,19)(H,21,22). The number of anilines is 3. The number of para-hydroxylation sites is 2. The molecule has 0 unspecified atom stereocenters. The Morgan fingerprint density at radius 1 is 1.30 bits per heavy atom. The number of aromatic nitrogens is 3. The Morgan fingerprint density at radius 2 is 2.09 bits per heavy atom. The van der Waals surface area contributed by atoms with Crippen molar-refractivity contribution in [1.29, 1.82) is 0 Å². The van der Waals surface area contributed by atoms with Crippen molar-refractivity contribution in [2.24, 2.45) is 0 Å². The van der Waals surface area contributed by atoms with Crippen molar-refractivity contribution in [3.05, 3.63) is 42.1 Å². The third-order valence-corrected chi connectivity index (χ3v) is 3.35. The van der Waals surface area contributed by atoms with Gasteiger partial charge in [-0.3, -0.25) is 0 Å². The molecule has 0 saturated heterocycles. The molecular weight excluding hydrogens is 298 g/mol. The van der Waals surface area contributed by atoms with Crippen LogP contribution in [0.25, 0.3) is 5.65 Å². The predicted molar refractivity (Wildman–Crippen MR) is 85.8 cm³/mol. The van der Waals surface area contributed by atoms with E-state index < -0.39 is 5.97 Å². The van der Waals surface area contributed by atoms with Crippen molar-refractivity contribution < 1.29 is 14.6 Å². The summed E-state index contributed by atoms with van der Waals surface area (Å²) in [6.07, 6.45) is 1.53. The van der Waals surface area contributed by atoms with E-state index in [1.165, 1.54) is 10.7 Å². The molecule has 3 rings (SSSR count). The Morgan fingerprint density at radius 3 is 2.78 bits per heavy atom. The molecule has 0 radical (unpaired) electrons. The first kappa shape index (κ1) is 14.6. The van der Waals surface area contributed by atoms with Gasteiger partial charge < -0.3 is 20.5 Å². The van der Waals surface area contributed by atoms with E-state index >= 15 is 0 Å². The molecule has 0 aliphatic heterocycles. The van der Waals surface area contributed by atoms with Gasteiger partial charge in [0.25, 0.3) is 0 Å². The van der Waals surface area contributed by atoms with Gasteiger partial charge in [-0.2, -0.15) is 4.52 Å². The molecular formula is C15H15N5O3. The highest BCUT2D eigenvalue weighted by Gasteiger charge is 2.22. The number of nitrogens with zero attached hydrogens (tertiary/aromatic N) is 3. The maximum absolute atomic E-state index is 11.7. The lowest BCUT2D eigenvalue weighted by Crippen LogP contribution is -2.03. The topological polar surface area (TPSA) is 101 Å². The minimum Gasteiger partial charge on any atom is -0.495 e. The minimum atomic E-state index is -1.11. The lowest BCUT2D eigenvalue weighted by Gasteiger charge is -2.09. The molecule has 0 amide bonds. The van der Waals surface area contributed by atoms with Crippen molar-refractivity contribution in [2.75, 3.05) is 24.8 Å². The van der Waals surface area contributed by atoms with Gasteiger partial charge >= 0.3 is 5.97 Å². The largest absolute Gasteiger partial charge is 0.495 e. The Balaban J connectivity index is 2.17. The molecule has 23 heavy (non-hydrogen) atoms. The monoisotopic (exact) mass is 313 g/mol. The molecule has 0 saturated carbocycles. The van der Waals surface area contributed by atoms with Gasteiger partial charge in [0.2, 0.25) is 0 Å². The molecule has 0 fully saturated rings. The van der Waals surface area contributed by atoms with Crippen LogP contribution in [0.4, 0.5) is 17.3 Å². The molecule has 3 N–H and O–H groups in total. The van der Waals surface area contributed by atoms with Crippen molar-refractivity contribution >= 4 is 28.9 Å². The number of carboxylic acids is 1. The fourth-order valence-corrected chi connectivity index (χ4v) is 2.29. The van der Waals surface area contributed by atoms with E-state index in [2.05, 4.69) is 20.7 Å². The summed E-state index contributed by atoms with van der Waals surface area (Å²) >= 11 is 0. The van der Waals surface area contributed by atoms with Crippen LogP contribution in [0, 0.1) is 0 Å². The second-order valence-electron chi connectivity index (χ2n) is 4.67. The Hall–Kier alpha value is -3.29. The van der Waals surface area contributed by atoms with Gasteiger partial charge in [-0.15, -0.1) is 5.10 Å². The minimum absolute atomic E-state index is 0.00648. The molecule has 0 spiro atoms. The fourth-order valence-electron chi connectivity index (χ4n) is 2.29.